The van der Waals surface area contributed by atoms with Crippen LogP contribution in [-0.2, 0) is 0 Å². The SMILES string of the molecule is Brc1cc2c3c(c1)Sc1ccc(-c4nc5ccccc5o4)c4c1N3c1c(ccc(-c3nc5ccccc5s3)c1S4)O2. The molecule has 5 heterocycles. The van der Waals surface area contributed by atoms with Gasteiger partial charge in [0, 0.05) is 19.8 Å². The molecule has 194 valence electrons. The van der Waals surface area contributed by atoms with E-state index >= 15 is 0 Å². The molecule has 0 bridgehead atoms. The van der Waals surface area contributed by atoms with E-state index in [1.807, 2.05) is 30.3 Å². The number of halogens is 1. The van der Waals surface area contributed by atoms with E-state index in [4.69, 9.17) is 19.1 Å². The molecule has 0 saturated carbocycles. The number of aromatic nitrogens is 2. The van der Waals surface area contributed by atoms with Crippen LogP contribution in [0.25, 0.3) is 43.3 Å². The van der Waals surface area contributed by atoms with Crippen molar-refractivity contribution in [1.29, 1.82) is 0 Å². The molecule has 41 heavy (non-hydrogen) atoms. The van der Waals surface area contributed by atoms with Crippen molar-refractivity contribution in [2.45, 2.75) is 19.6 Å². The number of nitrogens with zero attached hydrogens (tertiary/aromatic N) is 3. The fourth-order valence-corrected chi connectivity index (χ4v) is 10.00. The molecule has 10 rings (SSSR count). The number of fused-ring (bicyclic) bond motifs is 2. The zero-order valence-electron chi connectivity index (χ0n) is 20.8. The Labute approximate surface area is 254 Å². The van der Waals surface area contributed by atoms with E-state index < -0.39 is 0 Å². The minimum Gasteiger partial charge on any atom is -0.453 e. The third-order valence-electron chi connectivity index (χ3n) is 7.56. The molecule has 5 nitrogen and oxygen atoms in total. The Balaban J connectivity index is 1.28. The molecule has 7 aromatic rings. The van der Waals surface area contributed by atoms with Gasteiger partial charge in [0.2, 0.25) is 5.89 Å². The molecule has 0 unspecified atom stereocenters. The van der Waals surface area contributed by atoms with E-state index in [0.29, 0.717) is 5.89 Å². The summed E-state index contributed by atoms with van der Waals surface area (Å²) in [5.41, 5.74) is 7.99. The van der Waals surface area contributed by atoms with Gasteiger partial charge in [0.05, 0.1) is 31.3 Å². The number of para-hydroxylation sites is 3. The maximum absolute atomic E-state index is 6.59. The van der Waals surface area contributed by atoms with Gasteiger partial charge in [0.15, 0.2) is 17.1 Å². The first kappa shape index (κ1) is 22.9. The van der Waals surface area contributed by atoms with E-state index in [1.165, 1.54) is 9.60 Å². The number of hydrogen-bond donors (Lipinski definition) is 0. The van der Waals surface area contributed by atoms with Gasteiger partial charge in [-0.3, -0.25) is 4.90 Å². The molecular weight excluding hydrogens is 634 g/mol. The predicted molar refractivity (Wildman–Crippen MR) is 169 cm³/mol. The molecule has 0 atom stereocenters. The van der Waals surface area contributed by atoms with Crippen molar-refractivity contribution >= 4 is 89.2 Å². The van der Waals surface area contributed by atoms with Crippen LogP contribution in [0.4, 0.5) is 17.1 Å². The summed E-state index contributed by atoms with van der Waals surface area (Å²) < 4.78 is 15.1. The normalized spacial score (nSPS) is 13.9. The standard InChI is InChI=1S/C32H14BrN3O2S3/c33-15-13-22-26-25(14-15)39-24-12-10-16(31-34-18-5-1-3-7-20(18)38-31)29-28(24)36(26)27-21(37-22)11-9-17(30(27)41-29)32-35-19-6-2-4-8-23(19)40-32/h1-14H. The van der Waals surface area contributed by atoms with Crippen LogP contribution in [0.5, 0.6) is 11.5 Å². The summed E-state index contributed by atoms with van der Waals surface area (Å²) in [6.45, 7) is 0. The van der Waals surface area contributed by atoms with E-state index in [1.54, 1.807) is 34.9 Å². The van der Waals surface area contributed by atoms with Gasteiger partial charge >= 0.3 is 0 Å². The van der Waals surface area contributed by atoms with Crippen LogP contribution in [0.2, 0.25) is 0 Å². The smallest absolute Gasteiger partial charge is 0.228 e. The first-order valence-electron chi connectivity index (χ1n) is 12.9. The zero-order chi connectivity index (χ0) is 26.8. The molecule has 0 saturated heterocycles. The highest BCUT2D eigenvalue weighted by Gasteiger charge is 2.42. The lowest BCUT2D eigenvalue weighted by Gasteiger charge is -2.43. The second-order valence-corrected chi connectivity index (χ2v) is 14.0. The maximum Gasteiger partial charge on any atom is 0.228 e. The summed E-state index contributed by atoms with van der Waals surface area (Å²) in [6.07, 6.45) is 0. The molecule has 0 spiro atoms. The molecule has 3 aliphatic heterocycles. The van der Waals surface area contributed by atoms with E-state index in [9.17, 15) is 0 Å². The highest BCUT2D eigenvalue weighted by Crippen LogP contribution is 2.69. The number of benzene rings is 5. The van der Waals surface area contributed by atoms with Crippen LogP contribution in [-0.4, -0.2) is 9.97 Å². The summed E-state index contributed by atoms with van der Waals surface area (Å²) in [5, 5.41) is 0.993. The molecule has 3 aliphatic rings. The summed E-state index contributed by atoms with van der Waals surface area (Å²) >= 11 is 8.95. The Hall–Kier alpha value is -3.76. The first-order chi connectivity index (χ1) is 20.2. The van der Waals surface area contributed by atoms with Crippen LogP contribution in [0.15, 0.2) is 113 Å². The van der Waals surface area contributed by atoms with E-state index in [-0.39, 0.29) is 0 Å². The molecule has 0 radical (unpaired) electrons. The monoisotopic (exact) mass is 647 g/mol. The number of thiazole rings is 1. The highest BCUT2D eigenvalue weighted by atomic mass is 79.9. The van der Waals surface area contributed by atoms with Crippen LogP contribution in [0.1, 0.15) is 0 Å². The second kappa shape index (κ2) is 8.17. The third-order valence-corrected chi connectivity index (χ3v) is 11.4. The van der Waals surface area contributed by atoms with Crippen LogP contribution >= 0.6 is 50.8 Å². The lowest BCUT2D eigenvalue weighted by Crippen LogP contribution is -2.23. The van der Waals surface area contributed by atoms with Crippen molar-refractivity contribution in [1.82, 2.24) is 9.97 Å². The number of anilines is 3. The Bertz CT molecular complexity index is 2070. The second-order valence-electron chi connectivity index (χ2n) is 9.94. The maximum atomic E-state index is 6.59. The van der Waals surface area contributed by atoms with Crippen molar-refractivity contribution in [3.8, 4) is 33.5 Å². The van der Waals surface area contributed by atoms with Crippen molar-refractivity contribution in [2.24, 2.45) is 0 Å². The quantitative estimate of drug-likeness (QED) is 0.185. The molecule has 0 amide bonds. The largest absolute Gasteiger partial charge is 0.453 e. The lowest BCUT2D eigenvalue weighted by molar-refractivity contribution is 0.472. The topological polar surface area (TPSA) is 51.4 Å². The fourth-order valence-electron chi connectivity index (χ4n) is 5.81. The minimum atomic E-state index is 0.623. The third kappa shape index (κ3) is 3.14. The van der Waals surface area contributed by atoms with Crippen molar-refractivity contribution in [3.63, 3.8) is 0 Å². The molecule has 9 heteroatoms. The molecule has 0 N–H and O–H groups in total. The summed E-state index contributed by atoms with van der Waals surface area (Å²) in [6, 6.07) is 29.0. The number of hydrogen-bond acceptors (Lipinski definition) is 8. The van der Waals surface area contributed by atoms with Crippen LogP contribution in [0, 0.1) is 0 Å². The number of oxazole rings is 1. The average molecular weight is 649 g/mol. The lowest BCUT2D eigenvalue weighted by atomic mass is 10.1. The molecule has 0 aliphatic carbocycles. The van der Waals surface area contributed by atoms with Gasteiger partial charge in [-0.05, 0) is 60.7 Å². The Kier molecular flexibility index (Phi) is 4.56. The van der Waals surface area contributed by atoms with Crippen LogP contribution < -0.4 is 9.64 Å². The highest BCUT2D eigenvalue weighted by molar-refractivity contribution is 9.10. The molecular formula is C32H14BrN3O2S3. The zero-order valence-corrected chi connectivity index (χ0v) is 24.9. The molecule has 0 fully saturated rings. The van der Waals surface area contributed by atoms with E-state index in [2.05, 4.69) is 75.4 Å². The predicted octanol–water partition coefficient (Wildman–Crippen LogP) is 11.0. The van der Waals surface area contributed by atoms with Crippen molar-refractivity contribution < 1.29 is 9.15 Å². The van der Waals surface area contributed by atoms with Gasteiger partial charge < -0.3 is 9.15 Å². The Morgan fingerprint density at radius 3 is 2.41 bits per heavy atom. The summed E-state index contributed by atoms with van der Waals surface area (Å²) in [7, 11) is 0. The van der Waals surface area contributed by atoms with Gasteiger partial charge in [0.1, 0.15) is 21.9 Å². The number of ether oxygens (including phenoxy) is 1. The van der Waals surface area contributed by atoms with Gasteiger partial charge in [-0.1, -0.05) is 63.7 Å². The van der Waals surface area contributed by atoms with Crippen molar-refractivity contribution in [3.05, 3.63) is 89.4 Å². The summed E-state index contributed by atoms with van der Waals surface area (Å²) in [5.74, 6) is 2.30. The minimum absolute atomic E-state index is 0.623. The van der Waals surface area contributed by atoms with Crippen LogP contribution in [0.3, 0.4) is 0 Å². The fraction of sp³-hybridized carbons (Fsp3) is 0. The van der Waals surface area contributed by atoms with Gasteiger partial charge in [-0.15, -0.1) is 11.3 Å². The Morgan fingerprint density at radius 1 is 0.683 bits per heavy atom. The number of rotatable bonds is 2. The summed E-state index contributed by atoms with van der Waals surface area (Å²) in [4.78, 5) is 16.9. The Morgan fingerprint density at radius 2 is 1.51 bits per heavy atom. The van der Waals surface area contributed by atoms with Gasteiger partial charge in [0.25, 0.3) is 0 Å². The van der Waals surface area contributed by atoms with Gasteiger partial charge in [-0.25, -0.2) is 9.97 Å². The van der Waals surface area contributed by atoms with E-state index in [0.717, 1.165) is 80.5 Å². The van der Waals surface area contributed by atoms with Crippen molar-refractivity contribution in [2.75, 3.05) is 4.90 Å². The van der Waals surface area contributed by atoms with Gasteiger partial charge in [-0.2, -0.15) is 0 Å². The average Bonchev–Trinajstić information content (AvgIpc) is 3.61. The first-order valence-corrected chi connectivity index (χ1v) is 16.2. The molecule has 5 aromatic carbocycles. The molecule has 2 aromatic heterocycles.